The Kier molecular flexibility index (Phi) is 6.38. The number of nitrogens with two attached hydrogens (primary N) is 1. The van der Waals surface area contributed by atoms with E-state index in [2.05, 4.69) is 36.8 Å². The van der Waals surface area contributed by atoms with Crippen molar-refractivity contribution in [2.45, 2.75) is 19.2 Å². The average Bonchev–Trinajstić information content (AvgIpc) is 2.13. The van der Waals surface area contributed by atoms with Crippen molar-refractivity contribution in [3.05, 3.63) is 22.3 Å². The number of nitrogen functional groups attached to an aromatic ring is 1. The molecule has 1 aromatic heterocycles. The van der Waals surface area contributed by atoms with E-state index in [0.717, 1.165) is 15.4 Å². The van der Waals surface area contributed by atoms with Crippen LogP contribution < -0.4 is 5.73 Å². The summed E-state index contributed by atoms with van der Waals surface area (Å²) in [4.78, 5) is 3.95. The summed E-state index contributed by atoms with van der Waals surface area (Å²) < 4.78 is 0.955. The van der Waals surface area contributed by atoms with E-state index in [9.17, 15) is 0 Å². The Morgan fingerprint density at radius 3 is 2.50 bits per heavy atom. The van der Waals surface area contributed by atoms with Crippen LogP contribution in [0.4, 0.5) is 5.82 Å². The van der Waals surface area contributed by atoms with Crippen molar-refractivity contribution >= 4 is 37.7 Å². The Morgan fingerprint density at radius 1 is 1.50 bits per heavy atom. The van der Waals surface area contributed by atoms with Crippen LogP contribution in [0.2, 0.25) is 0 Å². The quantitative estimate of drug-likeness (QED) is 0.807. The lowest BCUT2D eigenvalue weighted by molar-refractivity contribution is 1.25. The van der Waals surface area contributed by atoms with Crippen molar-refractivity contribution in [2.75, 3.05) is 5.73 Å². The summed E-state index contributed by atoms with van der Waals surface area (Å²) in [5.41, 5.74) is 6.55. The zero-order chi connectivity index (χ0) is 9.56. The van der Waals surface area contributed by atoms with Gasteiger partial charge in [0.25, 0.3) is 0 Å². The number of hydrogen-bond acceptors (Lipinski definition) is 2. The van der Waals surface area contributed by atoms with Crippen molar-refractivity contribution in [1.29, 1.82) is 0 Å². The Morgan fingerprint density at radius 2 is 2.08 bits per heavy atom. The first kappa shape index (κ1) is 11.9. The molecule has 4 heteroatoms. The second-order valence-electron chi connectivity index (χ2n) is 1.83. The van der Waals surface area contributed by atoms with Crippen molar-refractivity contribution < 1.29 is 0 Å². The smallest absolute Gasteiger partial charge is 0.127 e. The highest BCUT2D eigenvalue weighted by atomic mass is 79.9. The number of aromatic nitrogens is 1. The van der Waals surface area contributed by atoms with Crippen LogP contribution in [0.25, 0.3) is 0 Å². The highest BCUT2D eigenvalue weighted by molar-refractivity contribution is 9.10. The molecule has 0 aliphatic carbocycles. The predicted octanol–water partition coefficient (Wildman–Crippen LogP) is 3.35. The monoisotopic (exact) mass is 294 g/mol. The summed E-state index contributed by atoms with van der Waals surface area (Å²) in [5.74, 6) is 0.583. The molecular formula is C8H12Br2N2. The lowest BCUT2D eigenvalue weighted by Gasteiger charge is -1.99. The van der Waals surface area contributed by atoms with Gasteiger partial charge in [-0.25, -0.2) is 4.98 Å². The first-order valence-corrected chi connectivity index (χ1v) is 5.61. The predicted molar refractivity (Wildman–Crippen MR) is 60.3 cm³/mol. The molecule has 0 saturated heterocycles. The summed E-state index contributed by atoms with van der Waals surface area (Å²) >= 11 is 6.60. The second kappa shape index (κ2) is 6.43. The maximum atomic E-state index is 5.54. The molecule has 0 fully saturated rings. The SMILES string of the molecule is CC.Nc1ncc(Br)cc1CBr. The van der Waals surface area contributed by atoms with E-state index in [4.69, 9.17) is 5.73 Å². The Labute approximate surface area is 89.8 Å². The first-order chi connectivity index (χ1) is 5.74. The molecule has 0 radical (unpaired) electrons. The first-order valence-electron chi connectivity index (χ1n) is 3.70. The van der Waals surface area contributed by atoms with Gasteiger partial charge in [-0.05, 0) is 22.0 Å². The number of halogens is 2. The van der Waals surface area contributed by atoms with Crippen LogP contribution in [-0.2, 0) is 5.33 Å². The van der Waals surface area contributed by atoms with Gasteiger partial charge >= 0.3 is 0 Å². The molecule has 0 saturated carbocycles. The molecule has 0 aromatic carbocycles. The lowest BCUT2D eigenvalue weighted by atomic mass is 10.3. The summed E-state index contributed by atoms with van der Waals surface area (Å²) in [5, 5.41) is 0.741. The zero-order valence-corrected chi connectivity index (χ0v) is 10.3. The van der Waals surface area contributed by atoms with Gasteiger partial charge in [0.15, 0.2) is 0 Å². The van der Waals surface area contributed by atoms with E-state index < -0.39 is 0 Å². The van der Waals surface area contributed by atoms with E-state index in [0.29, 0.717) is 5.82 Å². The minimum absolute atomic E-state index is 0.583. The topological polar surface area (TPSA) is 38.9 Å². The minimum atomic E-state index is 0.583. The van der Waals surface area contributed by atoms with Gasteiger partial charge in [0.1, 0.15) is 5.82 Å². The Bertz CT molecular complexity index is 238. The van der Waals surface area contributed by atoms with Gasteiger partial charge in [-0.15, -0.1) is 0 Å². The molecule has 12 heavy (non-hydrogen) atoms. The van der Waals surface area contributed by atoms with Crippen LogP contribution >= 0.6 is 31.9 Å². The zero-order valence-electron chi connectivity index (χ0n) is 7.14. The van der Waals surface area contributed by atoms with Crippen molar-refractivity contribution in [3.8, 4) is 0 Å². The van der Waals surface area contributed by atoms with Crippen LogP contribution in [0, 0.1) is 0 Å². The number of hydrogen-bond donors (Lipinski definition) is 1. The number of alkyl halides is 1. The fraction of sp³-hybridized carbons (Fsp3) is 0.375. The Hall–Kier alpha value is -0.0900. The maximum Gasteiger partial charge on any atom is 0.127 e. The van der Waals surface area contributed by atoms with Crippen LogP contribution in [-0.4, -0.2) is 4.98 Å². The van der Waals surface area contributed by atoms with Crippen molar-refractivity contribution in [2.24, 2.45) is 0 Å². The van der Waals surface area contributed by atoms with Gasteiger partial charge in [-0.1, -0.05) is 29.8 Å². The van der Waals surface area contributed by atoms with Gasteiger partial charge < -0.3 is 5.73 Å². The highest BCUT2D eigenvalue weighted by Crippen LogP contribution is 2.17. The standard InChI is InChI=1S/C6H6Br2N2.C2H6/c7-2-4-1-5(8)3-10-6(4)9;1-2/h1,3H,2H2,(H2,9,10);1-2H3. The number of pyridine rings is 1. The third-order valence-corrected chi connectivity index (χ3v) is 2.15. The fourth-order valence-electron chi connectivity index (χ4n) is 0.599. The lowest BCUT2D eigenvalue weighted by Crippen LogP contribution is -1.94. The van der Waals surface area contributed by atoms with Crippen LogP contribution in [0.15, 0.2) is 16.7 Å². The second-order valence-corrected chi connectivity index (χ2v) is 3.31. The van der Waals surface area contributed by atoms with Gasteiger partial charge in [0.05, 0.1) is 0 Å². The summed E-state index contributed by atoms with van der Waals surface area (Å²) in [6.45, 7) is 4.00. The summed E-state index contributed by atoms with van der Waals surface area (Å²) in [6, 6.07) is 1.94. The van der Waals surface area contributed by atoms with Crippen LogP contribution in [0.3, 0.4) is 0 Å². The van der Waals surface area contributed by atoms with E-state index in [-0.39, 0.29) is 0 Å². The van der Waals surface area contributed by atoms with E-state index >= 15 is 0 Å². The molecule has 1 aromatic rings. The van der Waals surface area contributed by atoms with Gasteiger partial charge in [0, 0.05) is 21.6 Å². The third-order valence-electron chi connectivity index (χ3n) is 1.11. The summed E-state index contributed by atoms with van der Waals surface area (Å²) in [7, 11) is 0. The molecule has 0 unspecified atom stereocenters. The fourth-order valence-corrected chi connectivity index (χ4v) is 1.43. The molecule has 0 aliphatic heterocycles. The van der Waals surface area contributed by atoms with Gasteiger partial charge in [-0.2, -0.15) is 0 Å². The Balaban J connectivity index is 0.000000561. The average molecular weight is 296 g/mol. The molecule has 0 spiro atoms. The highest BCUT2D eigenvalue weighted by Gasteiger charge is 1.97. The van der Waals surface area contributed by atoms with E-state index in [1.54, 1.807) is 6.20 Å². The van der Waals surface area contributed by atoms with E-state index in [1.807, 2.05) is 19.9 Å². The van der Waals surface area contributed by atoms with Gasteiger partial charge in [-0.3, -0.25) is 0 Å². The molecule has 2 nitrogen and oxygen atoms in total. The largest absolute Gasteiger partial charge is 0.383 e. The molecule has 0 aliphatic rings. The number of anilines is 1. The molecule has 0 bridgehead atoms. The maximum absolute atomic E-state index is 5.54. The molecule has 68 valence electrons. The molecule has 1 rings (SSSR count). The normalized spacial score (nSPS) is 8.67. The van der Waals surface area contributed by atoms with Crippen molar-refractivity contribution in [3.63, 3.8) is 0 Å². The molecule has 0 atom stereocenters. The number of rotatable bonds is 1. The summed E-state index contributed by atoms with van der Waals surface area (Å²) in [6.07, 6.45) is 1.68. The van der Waals surface area contributed by atoms with Gasteiger partial charge in [0.2, 0.25) is 0 Å². The molecular weight excluding hydrogens is 284 g/mol. The third kappa shape index (κ3) is 3.54. The minimum Gasteiger partial charge on any atom is -0.383 e. The van der Waals surface area contributed by atoms with E-state index in [1.165, 1.54) is 0 Å². The molecule has 2 N–H and O–H groups in total. The van der Waals surface area contributed by atoms with Crippen LogP contribution in [0.1, 0.15) is 19.4 Å². The van der Waals surface area contributed by atoms with Crippen molar-refractivity contribution in [1.82, 2.24) is 4.98 Å². The molecule has 1 heterocycles. The number of nitrogens with zero attached hydrogens (tertiary/aromatic N) is 1. The van der Waals surface area contributed by atoms with Crippen LogP contribution in [0.5, 0.6) is 0 Å². The molecule has 0 amide bonds.